The predicted molar refractivity (Wildman–Crippen MR) is 63.5 cm³/mol. The third-order valence-corrected chi connectivity index (χ3v) is 2.30. The zero-order valence-electron chi connectivity index (χ0n) is 10.6. The van der Waals surface area contributed by atoms with Gasteiger partial charge in [-0.05, 0) is 12.3 Å². The molecule has 6 heteroatoms. The van der Waals surface area contributed by atoms with Crippen molar-refractivity contribution in [2.45, 2.75) is 38.8 Å². The number of carbonyl (C=O) groups excluding carboxylic acids is 1. The lowest BCUT2D eigenvalue weighted by molar-refractivity contribution is -0.140. The zero-order chi connectivity index (χ0) is 13.4. The van der Waals surface area contributed by atoms with Gasteiger partial charge in [-0.25, -0.2) is 0 Å². The van der Waals surface area contributed by atoms with Crippen LogP contribution in [-0.4, -0.2) is 42.8 Å². The summed E-state index contributed by atoms with van der Waals surface area (Å²) in [5.74, 6) is -0.892. The predicted octanol–water partition coefficient (Wildman–Crippen LogP) is -0.0343. The third kappa shape index (κ3) is 7.70. The first-order valence-electron chi connectivity index (χ1n) is 5.64. The molecule has 1 unspecified atom stereocenters. The summed E-state index contributed by atoms with van der Waals surface area (Å²) in [7, 11) is 1.41. The molecule has 0 rings (SSSR count). The van der Waals surface area contributed by atoms with E-state index in [1.807, 2.05) is 13.8 Å². The number of carboxylic acids is 1. The molecule has 1 amide bonds. The van der Waals surface area contributed by atoms with E-state index in [0.29, 0.717) is 12.3 Å². The maximum absolute atomic E-state index is 11.5. The van der Waals surface area contributed by atoms with E-state index < -0.39 is 18.1 Å². The van der Waals surface area contributed by atoms with E-state index in [0.717, 1.165) is 0 Å². The maximum atomic E-state index is 11.5. The third-order valence-electron chi connectivity index (χ3n) is 2.30. The van der Waals surface area contributed by atoms with Crippen molar-refractivity contribution in [1.82, 2.24) is 5.32 Å². The summed E-state index contributed by atoms with van der Waals surface area (Å²) in [6.45, 7) is 4.12. The van der Waals surface area contributed by atoms with Crippen molar-refractivity contribution in [3.63, 3.8) is 0 Å². The number of ether oxygens (including phenoxy) is 1. The quantitative estimate of drug-likeness (QED) is 0.558. The summed E-state index contributed by atoms with van der Waals surface area (Å²) in [6, 6.07) is -0.558. The average Bonchev–Trinajstić information content (AvgIpc) is 2.22. The van der Waals surface area contributed by atoms with Crippen LogP contribution in [0, 0.1) is 5.92 Å². The highest BCUT2D eigenvalue weighted by atomic mass is 16.5. The van der Waals surface area contributed by atoms with E-state index in [4.69, 9.17) is 15.6 Å². The fourth-order valence-corrected chi connectivity index (χ4v) is 1.39. The van der Waals surface area contributed by atoms with Crippen molar-refractivity contribution in [2.75, 3.05) is 13.7 Å². The maximum Gasteiger partial charge on any atom is 0.306 e. The number of amides is 1. The average molecular weight is 246 g/mol. The van der Waals surface area contributed by atoms with Gasteiger partial charge in [0.1, 0.15) is 0 Å². The molecule has 100 valence electrons. The largest absolute Gasteiger partial charge is 0.481 e. The lowest BCUT2D eigenvalue weighted by atomic mass is 10.0. The van der Waals surface area contributed by atoms with Gasteiger partial charge < -0.3 is 20.9 Å². The number of rotatable bonds is 8. The highest BCUT2D eigenvalue weighted by Gasteiger charge is 2.17. The van der Waals surface area contributed by atoms with Crippen LogP contribution >= 0.6 is 0 Å². The van der Waals surface area contributed by atoms with Gasteiger partial charge in [0.05, 0.1) is 18.6 Å². The monoisotopic (exact) mass is 246 g/mol. The van der Waals surface area contributed by atoms with Crippen LogP contribution < -0.4 is 11.1 Å². The Morgan fingerprint density at radius 3 is 2.41 bits per heavy atom. The lowest BCUT2D eigenvalue weighted by Crippen LogP contribution is -2.44. The fourth-order valence-electron chi connectivity index (χ4n) is 1.39. The Balaban J connectivity index is 3.99. The number of aliphatic carboxylic acids is 1. The zero-order valence-corrected chi connectivity index (χ0v) is 10.6. The Kier molecular flexibility index (Phi) is 7.49. The van der Waals surface area contributed by atoms with Gasteiger partial charge in [-0.1, -0.05) is 13.8 Å². The molecule has 0 spiro atoms. The molecule has 6 nitrogen and oxygen atoms in total. The first-order valence-corrected chi connectivity index (χ1v) is 5.64. The number of methoxy groups -OCH3 is 1. The summed E-state index contributed by atoms with van der Waals surface area (Å²) >= 11 is 0. The van der Waals surface area contributed by atoms with Gasteiger partial charge in [0, 0.05) is 13.7 Å². The van der Waals surface area contributed by atoms with Crippen LogP contribution in [0.25, 0.3) is 0 Å². The van der Waals surface area contributed by atoms with Crippen LogP contribution in [0.1, 0.15) is 26.7 Å². The Labute approximate surface area is 102 Å². The molecule has 4 N–H and O–H groups in total. The van der Waals surface area contributed by atoms with Crippen molar-refractivity contribution in [1.29, 1.82) is 0 Å². The molecule has 0 bridgehead atoms. The summed E-state index contributed by atoms with van der Waals surface area (Å²) in [4.78, 5) is 22.0. The van der Waals surface area contributed by atoms with Crippen LogP contribution in [0.15, 0.2) is 0 Å². The number of carbonyl (C=O) groups is 2. The van der Waals surface area contributed by atoms with E-state index in [-0.39, 0.29) is 18.9 Å². The van der Waals surface area contributed by atoms with Crippen molar-refractivity contribution in [2.24, 2.45) is 11.7 Å². The molecule has 0 aromatic heterocycles. The smallest absolute Gasteiger partial charge is 0.306 e. The first kappa shape index (κ1) is 15.9. The molecule has 0 aliphatic carbocycles. The molecule has 0 saturated carbocycles. The van der Waals surface area contributed by atoms with Gasteiger partial charge in [0.25, 0.3) is 0 Å². The molecule has 0 radical (unpaired) electrons. The minimum atomic E-state index is -0.961. The summed E-state index contributed by atoms with van der Waals surface area (Å²) in [6.07, 6.45) is -0.0683. The van der Waals surface area contributed by atoms with Crippen LogP contribution in [-0.2, 0) is 14.3 Å². The Morgan fingerprint density at radius 2 is 2.00 bits per heavy atom. The minimum Gasteiger partial charge on any atom is -0.481 e. The molecule has 0 aliphatic heterocycles. The molecule has 17 heavy (non-hydrogen) atoms. The number of carboxylic acid groups (broad SMARTS) is 1. The highest BCUT2D eigenvalue weighted by Crippen LogP contribution is 2.03. The summed E-state index contributed by atoms with van der Waals surface area (Å²) in [5.41, 5.74) is 5.68. The fraction of sp³-hybridized carbons (Fsp3) is 0.818. The van der Waals surface area contributed by atoms with Gasteiger partial charge in [-0.2, -0.15) is 0 Å². The van der Waals surface area contributed by atoms with Crippen LogP contribution in [0.2, 0.25) is 0 Å². The summed E-state index contributed by atoms with van der Waals surface area (Å²) in [5, 5.41) is 11.2. The van der Waals surface area contributed by atoms with E-state index in [1.54, 1.807) is 0 Å². The Hall–Kier alpha value is -1.14. The van der Waals surface area contributed by atoms with E-state index >= 15 is 0 Å². The Morgan fingerprint density at radius 1 is 1.41 bits per heavy atom. The van der Waals surface area contributed by atoms with E-state index in [1.165, 1.54) is 7.11 Å². The summed E-state index contributed by atoms with van der Waals surface area (Å²) < 4.78 is 4.94. The van der Waals surface area contributed by atoms with E-state index in [9.17, 15) is 9.59 Å². The molecule has 2 atom stereocenters. The molecule has 0 aliphatic rings. The normalized spacial score (nSPS) is 14.4. The van der Waals surface area contributed by atoms with Crippen LogP contribution in [0.5, 0.6) is 0 Å². The number of nitrogens with one attached hydrogen (secondary N) is 1. The molecule has 0 heterocycles. The second-order valence-electron chi connectivity index (χ2n) is 4.44. The van der Waals surface area contributed by atoms with Crippen molar-refractivity contribution < 1.29 is 19.4 Å². The standard InChI is InChI=1S/C11H22N2O4/c1-7(2)4-9(12)11(16)13-6-8(17-3)5-10(14)15/h7-9H,4-6,12H2,1-3H3,(H,13,16)(H,14,15)/t8?,9-/m1/s1. The van der Waals surface area contributed by atoms with Gasteiger partial charge in [0.15, 0.2) is 0 Å². The molecule has 0 aromatic rings. The van der Waals surface area contributed by atoms with Crippen molar-refractivity contribution in [3.8, 4) is 0 Å². The van der Waals surface area contributed by atoms with Crippen LogP contribution in [0.4, 0.5) is 0 Å². The SMILES string of the molecule is COC(CNC(=O)[C@H](N)CC(C)C)CC(=O)O. The van der Waals surface area contributed by atoms with Crippen molar-refractivity contribution >= 4 is 11.9 Å². The molecule has 0 fully saturated rings. The second kappa shape index (κ2) is 8.03. The van der Waals surface area contributed by atoms with Crippen LogP contribution in [0.3, 0.4) is 0 Å². The van der Waals surface area contributed by atoms with Crippen molar-refractivity contribution in [3.05, 3.63) is 0 Å². The molecular formula is C11H22N2O4. The molecular weight excluding hydrogens is 224 g/mol. The lowest BCUT2D eigenvalue weighted by Gasteiger charge is -2.17. The van der Waals surface area contributed by atoms with Gasteiger partial charge >= 0.3 is 5.97 Å². The number of hydrogen-bond donors (Lipinski definition) is 3. The molecule has 0 saturated heterocycles. The van der Waals surface area contributed by atoms with E-state index in [2.05, 4.69) is 5.32 Å². The van der Waals surface area contributed by atoms with Gasteiger partial charge in [-0.15, -0.1) is 0 Å². The number of nitrogens with two attached hydrogens (primary N) is 1. The minimum absolute atomic E-state index is 0.143. The second-order valence-corrected chi connectivity index (χ2v) is 4.44. The molecule has 0 aromatic carbocycles. The topological polar surface area (TPSA) is 102 Å². The highest BCUT2D eigenvalue weighted by molar-refractivity contribution is 5.81. The Bertz CT molecular complexity index is 256. The number of hydrogen-bond acceptors (Lipinski definition) is 4. The first-order chi connectivity index (χ1) is 7.86. The van der Waals surface area contributed by atoms with Gasteiger partial charge in [-0.3, -0.25) is 9.59 Å². The van der Waals surface area contributed by atoms with Gasteiger partial charge in [0.2, 0.25) is 5.91 Å².